The standard InChI is InChI=1S/C11H14N2O5/c1-7(18-2)6-12-10-4-3-8(13(16)17)5-9(10)11(14)15/h3-5,7,12H,6H2,1-2H3,(H,14,15). The number of methoxy groups -OCH3 is 1. The van der Waals surface area contributed by atoms with Gasteiger partial charge in [-0.2, -0.15) is 0 Å². The summed E-state index contributed by atoms with van der Waals surface area (Å²) in [7, 11) is 1.54. The summed E-state index contributed by atoms with van der Waals surface area (Å²) in [6, 6.07) is 3.67. The van der Waals surface area contributed by atoms with Gasteiger partial charge in [-0.15, -0.1) is 0 Å². The van der Waals surface area contributed by atoms with Crippen LogP contribution in [0.5, 0.6) is 0 Å². The third kappa shape index (κ3) is 3.42. The average molecular weight is 254 g/mol. The number of carboxylic acids is 1. The predicted octanol–water partition coefficient (Wildman–Crippen LogP) is 1.74. The van der Waals surface area contributed by atoms with Crippen LogP contribution in [0.15, 0.2) is 18.2 Å². The second-order valence-corrected chi connectivity index (χ2v) is 3.72. The van der Waals surface area contributed by atoms with Crippen molar-refractivity contribution in [3.8, 4) is 0 Å². The fourth-order valence-corrected chi connectivity index (χ4v) is 1.31. The Balaban J connectivity index is 2.97. The molecule has 0 radical (unpaired) electrons. The third-order valence-corrected chi connectivity index (χ3v) is 2.43. The zero-order chi connectivity index (χ0) is 13.7. The molecule has 1 atom stereocenters. The van der Waals surface area contributed by atoms with Gasteiger partial charge >= 0.3 is 5.97 Å². The maximum atomic E-state index is 11.0. The van der Waals surface area contributed by atoms with E-state index >= 15 is 0 Å². The number of aromatic carboxylic acids is 1. The lowest BCUT2D eigenvalue weighted by Gasteiger charge is -2.13. The Labute approximate surface area is 104 Å². The van der Waals surface area contributed by atoms with Crippen molar-refractivity contribution in [3.05, 3.63) is 33.9 Å². The van der Waals surface area contributed by atoms with Crippen LogP contribution in [0.3, 0.4) is 0 Å². The van der Waals surface area contributed by atoms with Gasteiger partial charge in [-0.05, 0) is 13.0 Å². The van der Waals surface area contributed by atoms with Gasteiger partial charge in [0.15, 0.2) is 0 Å². The molecule has 98 valence electrons. The molecule has 0 spiro atoms. The molecule has 1 aromatic carbocycles. The van der Waals surface area contributed by atoms with Crippen molar-refractivity contribution < 1.29 is 19.6 Å². The molecule has 0 aliphatic carbocycles. The molecule has 0 aliphatic rings. The molecule has 0 amide bonds. The molecule has 0 bridgehead atoms. The van der Waals surface area contributed by atoms with Gasteiger partial charge in [0.25, 0.3) is 5.69 Å². The summed E-state index contributed by atoms with van der Waals surface area (Å²) in [6.07, 6.45) is -0.0955. The van der Waals surface area contributed by atoms with Crippen molar-refractivity contribution in [3.63, 3.8) is 0 Å². The summed E-state index contributed by atoms with van der Waals surface area (Å²) in [6.45, 7) is 2.23. The lowest BCUT2D eigenvalue weighted by Crippen LogP contribution is -2.19. The number of benzene rings is 1. The lowest BCUT2D eigenvalue weighted by atomic mass is 10.1. The number of non-ortho nitro benzene ring substituents is 1. The predicted molar refractivity (Wildman–Crippen MR) is 65.0 cm³/mol. The summed E-state index contributed by atoms with van der Waals surface area (Å²) in [4.78, 5) is 21.0. The lowest BCUT2D eigenvalue weighted by molar-refractivity contribution is -0.384. The molecule has 1 rings (SSSR count). The molecule has 0 saturated carbocycles. The highest BCUT2D eigenvalue weighted by Gasteiger charge is 2.16. The van der Waals surface area contributed by atoms with Crippen molar-refractivity contribution in [1.29, 1.82) is 0 Å². The van der Waals surface area contributed by atoms with E-state index in [0.29, 0.717) is 12.2 Å². The van der Waals surface area contributed by atoms with Gasteiger partial charge in [0, 0.05) is 31.5 Å². The molecule has 1 unspecified atom stereocenters. The highest BCUT2D eigenvalue weighted by Crippen LogP contribution is 2.22. The van der Waals surface area contributed by atoms with Crippen LogP contribution in [-0.4, -0.2) is 35.8 Å². The number of nitrogens with zero attached hydrogens (tertiary/aromatic N) is 1. The average Bonchev–Trinajstić information content (AvgIpc) is 2.35. The van der Waals surface area contributed by atoms with Gasteiger partial charge in [-0.25, -0.2) is 4.79 Å². The van der Waals surface area contributed by atoms with Crippen LogP contribution in [0.4, 0.5) is 11.4 Å². The van der Waals surface area contributed by atoms with Crippen LogP contribution in [0, 0.1) is 10.1 Å². The van der Waals surface area contributed by atoms with Crippen LogP contribution in [0.2, 0.25) is 0 Å². The number of nitro benzene ring substituents is 1. The fourth-order valence-electron chi connectivity index (χ4n) is 1.31. The normalized spacial score (nSPS) is 11.9. The number of ether oxygens (including phenoxy) is 1. The van der Waals surface area contributed by atoms with E-state index in [4.69, 9.17) is 9.84 Å². The van der Waals surface area contributed by atoms with Crippen molar-refractivity contribution in [2.75, 3.05) is 19.0 Å². The van der Waals surface area contributed by atoms with Crippen molar-refractivity contribution >= 4 is 17.3 Å². The topological polar surface area (TPSA) is 102 Å². The number of hydrogen-bond donors (Lipinski definition) is 2. The summed E-state index contributed by atoms with van der Waals surface area (Å²) in [5.41, 5.74) is -0.0535. The van der Waals surface area contributed by atoms with E-state index in [0.717, 1.165) is 6.07 Å². The number of rotatable bonds is 6. The van der Waals surface area contributed by atoms with Crippen LogP contribution in [0.1, 0.15) is 17.3 Å². The van der Waals surface area contributed by atoms with Gasteiger partial charge < -0.3 is 15.2 Å². The Morgan fingerprint density at radius 1 is 1.61 bits per heavy atom. The molecule has 0 heterocycles. The van der Waals surface area contributed by atoms with Gasteiger partial charge in [0.05, 0.1) is 16.6 Å². The summed E-state index contributed by atoms with van der Waals surface area (Å²) >= 11 is 0. The molecule has 7 heteroatoms. The molecule has 0 saturated heterocycles. The zero-order valence-electron chi connectivity index (χ0n) is 10.0. The highest BCUT2D eigenvalue weighted by atomic mass is 16.6. The number of nitrogens with one attached hydrogen (secondary N) is 1. The van der Waals surface area contributed by atoms with Crippen LogP contribution < -0.4 is 5.32 Å². The first-order chi connectivity index (χ1) is 8.45. The number of anilines is 1. The van der Waals surface area contributed by atoms with E-state index in [9.17, 15) is 14.9 Å². The molecule has 7 nitrogen and oxygen atoms in total. The minimum atomic E-state index is -1.22. The molecular weight excluding hydrogens is 240 g/mol. The van der Waals surface area contributed by atoms with Gasteiger partial charge in [0.1, 0.15) is 0 Å². The molecular formula is C11H14N2O5. The molecule has 0 fully saturated rings. The third-order valence-electron chi connectivity index (χ3n) is 2.43. The zero-order valence-corrected chi connectivity index (χ0v) is 10.0. The summed E-state index contributed by atoms with van der Waals surface area (Å²) in [5.74, 6) is -1.22. The maximum Gasteiger partial charge on any atom is 0.338 e. The second-order valence-electron chi connectivity index (χ2n) is 3.72. The first-order valence-electron chi connectivity index (χ1n) is 5.24. The van der Waals surface area contributed by atoms with Crippen LogP contribution >= 0.6 is 0 Å². The number of hydrogen-bond acceptors (Lipinski definition) is 5. The van der Waals surface area contributed by atoms with Crippen molar-refractivity contribution in [1.82, 2.24) is 0 Å². The number of carboxylic acid groups (broad SMARTS) is 1. The minimum absolute atomic E-state index is 0.0955. The molecule has 0 aromatic heterocycles. The first kappa shape index (κ1) is 13.9. The molecule has 18 heavy (non-hydrogen) atoms. The Morgan fingerprint density at radius 2 is 2.28 bits per heavy atom. The smallest absolute Gasteiger partial charge is 0.338 e. The first-order valence-corrected chi connectivity index (χ1v) is 5.24. The van der Waals surface area contributed by atoms with Crippen molar-refractivity contribution in [2.45, 2.75) is 13.0 Å². The van der Waals surface area contributed by atoms with Gasteiger partial charge in [0.2, 0.25) is 0 Å². The Morgan fingerprint density at radius 3 is 2.78 bits per heavy atom. The minimum Gasteiger partial charge on any atom is -0.478 e. The van der Waals surface area contributed by atoms with Crippen LogP contribution in [0.25, 0.3) is 0 Å². The van der Waals surface area contributed by atoms with Gasteiger partial charge in [-0.3, -0.25) is 10.1 Å². The number of nitro groups is 1. The van der Waals surface area contributed by atoms with Crippen molar-refractivity contribution in [2.24, 2.45) is 0 Å². The molecule has 2 N–H and O–H groups in total. The van der Waals surface area contributed by atoms with E-state index < -0.39 is 10.9 Å². The Bertz CT molecular complexity index is 461. The van der Waals surface area contributed by atoms with E-state index in [-0.39, 0.29) is 17.4 Å². The quantitative estimate of drug-likeness (QED) is 0.592. The Kier molecular flexibility index (Phi) is 4.61. The monoisotopic (exact) mass is 254 g/mol. The van der Waals surface area contributed by atoms with E-state index in [1.54, 1.807) is 7.11 Å². The summed E-state index contributed by atoms with van der Waals surface area (Å²) < 4.78 is 5.02. The highest BCUT2D eigenvalue weighted by molar-refractivity contribution is 5.95. The van der Waals surface area contributed by atoms with E-state index in [1.807, 2.05) is 6.92 Å². The SMILES string of the molecule is COC(C)CNc1ccc([N+](=O)[O-])cc1C(=O)O. The second kappa shape index (κ2) is 5.97. The van der Waals surface area contributed by atoms with Gasteiger partial charge in [-0.1, -0.05) is 0 Å². The fraction of sp³-hybridized carbons (Fsp3) is 0.364. The maximum absolute atomic E-state index is 11.0. The molecule has 1 aromatic rings. The molecule has 0 aliphatic heterocycles. The van der Waals surface area contributed by atoms with Crippen LogP contribution in [-0.2, 0) is 4.74 Å². The van der Waals surface area contributed by atoms with E-state index in [2.05, 4.69) is 5.32 Å². The largest absolute Gasteiger partial charge is 0.478 e. The summed E-state index contributed by atoms with van der Waals surface area (Å²) in [5, 5.41) is 22.5. The van der Waals surface area contributed by atoms with E-state index in [1.165, 1.54) is 12.1 Å². The number of carbonyl (C=O) groups is 1. The Hall–Kier alpha value is -2.15.